The van der Waals surface area contributed by atoms with Gasteiger partial charge in [-0.2, -0.15) is 0 Å². The van der Waals surface area contributed by atoms with Gasteiger partial charge in [0.15, 0.2) is 0 Å². The molecule has 25 heavy (non-hydrogen) atoms. The summed E-state index contributed by atoms with van der Waals surface area (Å²) in [5, 5.41) is 2.67. The van der Waals surface area contributed by atoms with Crippen LogP contribution in [0.5, 0.6) is 0 Å². The third-order valence-electron chi connectivity index (χ3n) is 4.10. The highest BCUT2D eigenvalue weighted by Gasteiger charge is 2.12. The van der Waals surface area contributed by atoms with Crippen LogP contribution in [0.1, 0.15) is 50.9 Å². The van der Waals surface area contributed by atoms with E-state index in [9.17, 15) is 9.18 Å². The fourth-order valence-electron chi connectivity index (χ4n) is 2.53. The number of ether oxygens (including phenoxy) is 1. The van der Waals surface area contributed by atoms with Gasteiger partial charge in [0.1, 0.15) is 5.82 Å². The summed E-state index contributed by atoms with van der Waals surface area (Å²) in [5.41, 5.74) is 0.367. The molecule has 0 radical (unpaired) electrons. The van der Waals surface area contributed by atoms with Gasteiger partial charge in [-0.25, -0.2) is 9.38 Å². The van der Waals surface area contributed by atoms with Crippen molar-refractivity contribution in [1.29, 1.82) is 0 Å². The first-order valence-corrected chi connectivity index (χ1v) is 9.11. The molecule has 0 saturated heterocycles. The highest BCUT2D eigenvalue weighted by molar-refractivity contribution is 6.04. The molecule has 1 rings (SSSR count). The fraction of sp³-hybridized carbons (Fsp3) is 0.579. The molecule has 140 valence electrons. The van der Waals surface area contributed by atoms with Crippen molar-refractivity contribution in [2.24, 2.45) is 4.99 Å². The monoisotopic (exact) mass is 352 g/mol. The van der Waals surface area contributed by atoms with E-state index in [4.69, 9.17) is 4.74 Å². The minimum absolute atomic E-state index is 0.0602. The zero-order valence-electron chi connectivity index (χ0n) is 15.8. The van der Waals surface area contributed by atoms with E-state index in [1.807, 2.05) is 13.8 Å². The number of hydrogen-bond acceptors (Lipinski definition) is 3. The van der Waals surface area contributed by atoms with Crippen LogP contribution >= 0.6 is 0 Å². The third-order valence-corrected chi connectivity index (χ3v) is 4.10. The predicted octanol–water partition coefficient (Wildman–Crippen LogP) is 2.04. The van der Waals surface area contributed by atoms with Crippen LogP contribution < -0.4 is 10.2 Å². The van der Waals surface area contributed by atoms with Crippen LogP contribution in [-0.2, 0) is 4.74 Å². The Hall–Kier alpha value is -1.95. The van der Waals surface area contributed by atoms with Crippen molar-refractivity contribution in [3.8, 4) is 0 Å². The average molecular weight is 352 g/mol. The number of amidine groups is 1. The molecule has 2 N–H and O–H groups in total. The Kier molecular flexibility index (Phi) is 9.77. The summed E-state index contributed by atoms with van der Waals surface area (Å²) in [6.45, 7) is 12.0. The number of quaternary nitrogens is 1. The smallest absolute Gasteiger partial charge is 0.291 e. The van der Waals surface area contributed by atoms with Gasteiger partial charge >= 0.3 is 0 Å². The number of benzene rings is 1. The SMILES string of the molecule is CCOC(=N[C@H](C)CCC[NH+](CC)CC)NC(=O)c1ccc(F)cc1. The van der Waals surface area contributed by atoms with Crippen molar-refractivity contribution in [1.82, 2.24) is 5.32 Å². The van der Waals surface area contributed by atoms with Crippen molar-refractivity contribution >= 4 is 11.9 Å². The zero-order chi connectivity index (χ0) is 18.7. The molecular weight excluding hydrogens is 321 g/mol. The molecule has 0 aliphatic rings. The van der Waals surface area contributed by atoms with E-state index in [0.29, 0.717) is 12.2 Å². The predicted molar refractivity (Wildman–Crippen MR) is 98.5 cm³/mol. The molecule has 1 amide bonds. The molecule has 5 nitrogen and oxygen atoms in total. The second kappa shape index (κ2) is 11.6. The molecule has 1 aromatic rings. The minimum Gasteiger partial charge on any atom is -0.465 e. The highest BCUT2D eigenvalue weighted by atomic mass is 19.1. The van der Waals surface area contributed by atoms with Gasteiger partial charge in [-0.3, -0.25) is 10.1 Å². The largest absolute Gasteiger partial charge is 0.465 e. The number of halogens is 1. The number of nitrogens with zero attached hydrogens (tertiary/aromatic N) is 1. The first kappa shape index (κ1) is 21.1. The summed E-state index contributed by atoms with van der Waals surface area (Å²) >= 11 is 0. The minimum atomic E-state index is -0.376. The van der Waals surface area contributed by atoms with Crippen molar-refractivity contribution in [3.05, 3.63) is 35.6 Å². The standard InChI is InChI=1S/C19H30FN3O2/c1-5-23(6-2)14-8-9-15(4)21-19(25-7-3)22-18(24)16-10-12-17(20)13-11-16/h10-13,15H,5-9,14H2,1-4H3,(H,21,22,24)/p+1/t15-/m1/s1. The molecule has 0 saturated carbocycles. The summed E-state index contributed by atoms with van der Waals surface area (Å²) in [4.78, 5) is 18.3. The van der Waals surface area contributed by atoms with Crippen LogP contribution in [0.15, 0.2) is 29.3 Å². The summed E-state index contributed by atoms with van der Waals surface area (Å²) in [7, 11) is 0. The Morgan fingerprint density at radius 1 is 1.24 bits per heavy atom. The van der Waals surface area contributed by atoms with Crippen LogP contribution in [0.25, 0.3) is 0 Å². The van der Waals surface area contributed by atoms with Crippen molar-refractivity contribution in [3.63, 3.8) is 0 Å². The average Bonchev–Trinajstić information content (AvgIpc) is 2.59. The molecule has 1 aromatic carbocycles. The first-order chi connectivity index (χ1) is 12.0. The van der Waals surface area contributed by atoms with E-state index >= 15 is 0 Å². The summed E-state index contributed by atoms with van der Waals surface area (Å²) < 4.78 is 18.4. The van der Waals surface area contributed by atoms with Gasteiger partial charge in [-0.1, -0.05) is 0 Å². The molecule has 0 bridgehead atoms. The molecule has 0 aliphatic carbocycles. The van der Waals surface area contributed by atoms with Gasteiger partial charge in [-0.05, 0) is 64.8 Å². The van der Waals surface area contributed by atoms with Crippen LogP contribution in [0.4, 0.5) is 4.39 Å². The van der Waals surface area contributed by atoms with Gasteiger partial charge in [0, 0.05) is 5.56 Å². The lowest BCUT2D eigenvalue weighted by molar-refractivity contribution is -0.896. The van der Waals surface area contributed by atoms with E-state index in [1.165, 1.54) is 24.3 Å². The van der Waals surface area contributed by atoms with Gasteiger partial charge in [-0.15, -0.1) is 0 Å². The van der Waals surface area contributed by atoms with Crippen LogP contribution in [0.3, 0.4) is 0 Å². The van der Waals surface area contributed by atoms with Gasteiger partial charge in [0.25, 0.3) is 11.9 Å². The van der Waals surface area contributed by atoms with E-state index in [1.54, 1.807) is 4.90 Å². The maximum Gasteiger partial charge on any atom is 0.291 e. The summed E-state index contributed by atoms with van der Waals surface area (Å²) in [6, 6.07) is 5.66. The number of amides is 1. The van der Waals surface area contributed by atoms with Crippen molar-refractivity contribution in [2.75, 3.05) is 26.2 Å². The second-order valence-corrected chi connectivity index (χ2v) is 6.03. The van der Waals surface area contributed by atoms with Gasteiger partial charge in [0.2, 0.25) is 0 Å². The number of carbonyl (C=O) groups is 1. The summed E-state index contributed by atoms with van der Waals surface area (Å²) in [5.74, 6) is -0.730. The Balaban J connectivity index is 2.59. The molecule has 0 heterocycles. The number of rotatable bonds is 9. The Morgan fingerprint density at radius 2 is 1.88 bits per heavy atom. The molecule has 0 aromatic heterocycles. The number of nitrogens with one attached hydrogen (secondary N) is 2. The quantitative estimate of drug-likeness (QED) is 0.528. The third kappa shape index (κ3) is 8.12. The molecule has 6 heteroatoms. The van der Waals surface area contributed by atoms with E-state index in [-0.39, 0.29) is 23.8 Å². The molecular formula is C19H31FN3O2+. The molecule has 0 fully saturated rings. The maximum atomic E-state index is 12.9. The first-order valence-electron chi connectivity index (χ1n) is 9.11. The molecule has 1 atom stereocenters. The number of carbonyl (C=O) groups excluding carboxylic acids is 1. The van der Waals surface area contributed by atoms with Gasteiger partial charge < -0.3 is 9.64 Å². The van der Waals surface area contributed by atoms with E-state index < -0.39 is 0 Å². The highest BCUT2D eigenvalue weighted by Crippen LogP contribution is 2.04. The second-order valence-electron chi connectivity index (χ2n) is 6.03. The molecule has 0 aliphatic heterocycles. The maximum absolute atomic E-state index is 12.9. The fourth-order valence-corrected chi connectivity index (χ4v) is 2.53. The van der Waals surface area contributed by atoms with Gasteiger partial charge in [0.05, 0.1) is 32.3 Å². The molecule has 0 spiro atoms. The normalized spacial score (nSPS) is 13.0. The molecule has 0 unspecified atom stereocenters. The Labute approximate surface area is 150 Å². The Bertz CT molecular complexity index is 542. The number of hydrogen-bond donors (Lipinski definition) is 2. The van der Waals surface area contributed by atoms with Crippen molar-refractivity contribution < 1.29 is 18.8 Å². The van der Waals surface area contributed by atoms with Crippen molar-refractivity contribution in [2.45, 2.75) is 46.6 Å². The lowest BCUT2D eigenvalue weighted by atomic mass is 10.2. The van der Waals surface area contributed by atoms with E-state index in [0.717, 1.165) is 32.5 Å². The Morgan fingerprint density at radius 3 is 2.44 bits per heavy atom. The zero-order valence-corrected chi connectivity index (χ0v) is 15.8. The van der Waals surface area contributed by atoms with Crippen LogP contribution in [-0.4, -0.2) is 44.2 Å². The van der Waals surface area contributed by atoms with Crippen LogP contribution in [0.2, 0.25) is 0 Å². The van der Waals surface area contributed by atoms with Crippen LogP contribution in [0, 0.1) is 5.82 Å². The summed E-state index contributed by atoms with van der Waals surface area (Å²) in [6.07, 6.45) is 2.01. The lowest BCUT2D eigenvalue weighted by Crippen LogP contribution is -3.11. The lowest BCUT2D eigenvalue weighted by Gasteiger charge is -2.16. The van der Waals surface area contributed by atoms with E-state index in [2.05, 4.69) is 24.2 Å². The topological polar surface area (TPSA) is 55.1 Å². The number of aliphatic imine (C=N–C) groups is 1.